The van der Waals surface area contributed by atoms with Gasteiger partial charge in [0.15, 0.2) is 11.6 Å². The van der Waals surface area contributed by atoms with Crippen LogP contribution in [0.5, 0.6) is 5.75 Å². The van der Waals surface area contributed by atoms with Crippen LogP contribution in [0.2, 0.25) is 0 Å². The molecule has 0 aliphatic rings. The Morgan fingerprint density at radius 1 is 1.19 bits per heavy atom. The Hall–Kier alpha value is -2.10. The molecule has 0 atom stereocenters. The number of hydrogen-bond acceptors (Lipinski definition) is 3. The van der Waals surface area contributed by atoms with Gasteiger partial charge in [0.2, 0.25) is 0 Å². The zero-order valence-electron chi connectivity index (χ0n) is 8.57. The predicted octanol–water partition coefficient (Wildman–Crippen LogP) is 3.12. The van der Waals surface area contributed by atoms with Gasteiger partial charge in [0.05, 0.1) is 7.11 Å². The highest BCUT2D eigenvalue weighted by atomic mass is 19.1. The van der Waals surface area contributed by atoms with E-state index in [0.29, 0.717) is 5.39 Å². The Balaban J connectivity index is 2.48. The first kappa shape index (κ1) is 10.4. The van der Waals surface area contributed by atoms with Crippen molar-refractivity contribution >= 4 is 16.9 Å². The molecule has 3 nitrogen and oxygen atoms in total. The van der Waals surface area contributed by atoms with Gasteiger partial charge in [-0.1, -0.05) is 30.3 Å². The minimum absolute atomic E-state index is 0.134. The maximum Gasteiger partial charge on any atom is 0.513 e. The van der Waals surface area contributed by atoms with E-state index in [-0.39, 0.29) is 5.75 Å². The molecule has 0 heterocycles. The highest BCUT2D eigenvalue weighted by Crippen LogP contribution is 2.26. The van der Waals surface area contributed by atoms with Crippen LogP contribution in [0.25, 0.3) is 10.8 Å². The summed E-state index contributed by atoms with van der Waals surface area (Å²) < 4.78 is 22.8. The van der Waals surface area contributed by atoms with Gasteiger partial charge in [-0.05, 0) is 11.5 Å². The van der Waals surface area contributed by atoms with E-state index in [1.54, 1.807) is 24.3 Å². The second-order valence-electron chi connectivity index (χ2n) is 3.16. The third-order valence-electron chi connectivity index (χ3n) is 2.19. The van der Waals surface area contributed by atoms with Crippen molar-refractivity contribution < 1.29 is 18.7 Å². The van der Waals surface area contributed by atoms with Crippen molar-refractivity contribution in [3.05, 3.63) is 42.2 Å². The standard InChI is InChI=1S/C12H9FO3/c1-15-12(14)16-10-7-6-8-4-2-3-5-9(8)11(10)13/h2-7H,1H3. The molecule has 0 radical (unpaired) electrons. The summed E-state index contributed by atoms with van der Waals surface area (Å²) >= 11 is 0. The molecule has 0 fully saturated rings. The van der Waals surface area contributed by atoms with E-state index in [1.165, 1.54) is 13.2 Å². The van der Waals surface area contributed by atoms with Gasteiger partial charge in [0.1, 0.15) is 0 Å². The molecular formula is C12H9FO3. The Morgan fingerprint density at radius 2 is 1.94 bits per heavy atom. The lowest BCUT2D eigenvalue weighted by Gasteiger charge is -2.06. The first-order valence-electron chi connectivity index (χ1n) is 4.65. The number of rotatable bonds is 1. The molecule has 0 amide bonds. The van der Waals surface area contributed by atoms with Crippen molar-refractivity contribution in [2.24, 2.45) is 0 Å². The molecular weight excluding hydrogens is 211 g/mol. The Labute approximate surface area is 91.4 Å². The molecule has 4 heteroatoms. The van der Waals surface area contributed by atoms with Gasteiger partial charge in [-0.15, -0.1) is 0 Å². The molecule has 2 aromatic carbocycles. The molecule has 0 aliphatic carbocycles. The maximum atomic E-state index is 13.8. The molecule has 0 bridgehead atoms. The van der Waals surface area contributed by atoms with Gasteiger partial charge in [0, 0.05) is 5.39 Å². The Morgan fingerprint density at radius 3 is 2.69 bits per heavy atom. The fourth-order valence-electron chi connectivity index (χ4n) is 1.42. The molecule has 16 heavy (non-hydrogen) atoms. The number of halogens is 1. The van der Waals surface area contributed by atoms with Crippen LogP contribution in [-0.4, -0.2) is 13.3 Å². The Bertz CT molecular complexity index is 537. The van der Waals surface area contributed by atoms with Crippen LogP contribution in [0.4, 0.5) is 9.18 Å². The van der Waals surface area contributed by atoms with E-state index in [1.807, 2.05) is 6.07 Å². The largest absolute Gasteiger partial charge is 0.513 e. The quantitative estimate of drug-likeness (QED) is 0.547. The molecule has 0 saturated carbocycles. The van der Waals surface area contributed by atoms with Crippen LogP contribution in [-0.2, 0) is 4.74 Å². The van der Waals surface area contributed by atoms with Crippen LogP contribution in [0, 0.1) is 5.82 Å². The van der Waals surface area contributed by atoms with Crippen molar-refractivity contribution in [1.82, 2.24) is 0 Å². The van der Waals surface area contributed by atoms with Crippen LogP contribution in [0.3, 0.4) is 0 Å². The van der Waals surface area contributed by atoms with E-state index in [9.17, 15) is 9.18 Å². The molecule has 2 rings (SSSR count). The number of fused-ring (bicyclic) bond motifs is 1. The third kappa shape index (κ3) is 1.82. The molecule has 0 N–H and O–H groups in total. The first-order chi connectivity index (χ1) is 7.72. The van der Waals surface area contributed by atoms with Gasteiger partial charge in [-0.25, -0.2) is 9.18 Å². The van der Waals surface area contributed by atoms with Gasteiger partial charge in [0.25, 0.3) is 0 Å². The topological polar surface area (TPSA) is 35.5 Å². The van der Waals surface area contributed by atoms with Crippen molar-refractivity contribution in [2.45, 2.75) is 0 Å². The normalized spacial score (nSPS) is 10.1. The van der Waals surface area contributed by atoms with E-state index < -0.39 is 12.0 Å². The number of carbonyl (C=O) groups is 1. The number of ether oxygens (including phenoxy) is 2. The second kappa shape index (κ2) is 4.18. The summed E-state index contributed by atoms with van der Waals surface area (Å²) in [4.78, 5) is 10.9. The molecule has 0 spiro atoms. The first-order valence-corrected chi connectivity index (χ1v) is 4.65. The molecule has 2 aromatic rings. The second-order valence-corrected chi connectivity index (χ2v) is 3.16. The minimum atomic E-state index is -0.936. The minimum Gasteiger partial charge on any atom is -0.437 e. The lowest BCUT2D eigenvalue weighted by Crippen LogP contribution is -2.08. The van der Waals surface area contributed by atoms with E-state index in [0.717, 1.165) is 5.39 Å². The molecule has 0 aliphatic heterocycles. The van der Waals surface area contributed by atoms with Crippen molar-refractivity contribution in [3.63, 3.8) is 0 Å². The predicted molar refractivity (Wildman–Crippen MR) is 56.9 cm³/mol. The molecule has 0 unspecified atom stereocenters. The summed E-state index contributed by atoms with van der Waals surface area (Å²) in [6, 6.07) is 10.00. The zero-order valence-corrected chi connectivity index (χ0v) is 8.57. The smallest absolute Gasteiger partial charge is 0.437 e. The van der Waals surface area contributed by atoms with Gasteiger partial charge in [-0.2, -0.15) is 0 Å². The molecule has 0 aromatic heterocycles. The lowest BCUT2D eigenvalue weighted by atomic mass is 10.1. The van der Waals surface area contributed by atoms with E-state index in [2.05, 4.69) is 9.47 Å². The number of carbonyl (C=O) groups excluding carboxylic acids is 1. The van der Waals surface area contributed by atoms with Crippen molar-refractivity contribution in [2.75, 3.05) is 7.11 Å². The van der Waals surface area contributed by atoms with E-state index in [4.69, 9.17) is 0 Å². The fraction of sp³-hybridized carbons (Fsp3) is 0.0833. The number of hydrogen-bond donors (Lipinski definition) is 0. The summed E-state index contributed by atoms with van der Waals surface area (Å²) in [7, 11) is 1.17. The molecule has 82 valence electrons. The summed E-state index contributed by atoms with van der Waals surface area (Å²) in [6.07, 6.45) is -0.936. The van der Waals surface area contributed by atoms with Crippen LogP contribution in [0.15, 0.2) is 36.4 Å². The summed E-state index contributed by atoms with van der Waals surface area (Å²) in [6.45, 7) is 0. The highest BCUT2D eigenvalue weighted by molar-refractivity contribution is 5.85. The van der Waals surface area contributed by atoms with Crippen LogP contribution in [0.1, 0.15) is 0 Å². The van der Waals surface area contributed by atoms with Crippen LogP contribution < -0.4 is 4.74 Å². The summed E-state index contributed by atoms with van der Waals surface area (Å²) in [5.74, 6) is -0.700. The van der Waals surface area contributed by atoms with Gasteiger partial charge < -0.3 is 9.47 Å². The monoisotopic (exact) mass is 220 g/mol. The average molecular weight is 220 g/mol. The van der Waals surface area contributed by atoms with Crippen molar-refractivity contribution in [1.29, 1.82) is 0 Å². The van der Waals surface area contributed by atoms with Gasteiger partial charge >= 0.3 is 6.16 Å². The SMILES string of the molecule is COC(=O)Oc1ccc2ccccc2c1F. The average Bonchev–Trinajstić information content (AvgIpc) is 2.33. The lowest BCUT2D eigenvalue weighted by molar-refractivity contribution is 0.120. The maximum absolute atomic E-state index is 13.8. The fourth-order valence-corrected chi connectivity index (χ4v) is 1.42. The van der Waals surface area contributed by atoms with E-state index >= 15 is 0 Å². The zero-order chi connectivity index (χ0) is 11.5. The highest BCUT2D eigenvalue weighted by Gasteiger charge is 2.11. The van der Waals surface area contributed by atoms with Gasteiger partial charge in [-0.3, -0.25) is 0 Å². The number of methoxy groups -OCH3 is 1. The number of benzene rings is 2. The van der Waals surface area contributed by atoms with Crippen LogP contribution >= 0.6 is 0 Å². The van der Waals surface area contributed by atoms with Crippen molar-refractivity contribution in [3.8, 4) is 5.75 Å². The summed E-state index contributed by atoms with van der Waals surface area (Å²) in [5.41, 5.74) is 0. The molecule has 0 saturated heterocycles. The Kier molecular flexibility index (Phi) is 2.72. The third-order valence-corrected chi connectivity index (χ3v) is 2.19. The summed E-state index contributed by atoms with van der Waals surface area (Å²) in [5, 5.41) is 1.15.